The molecule has 2 rings (SSSR count). The van der Waals surface area contributed by atoms with Gasteiger partial charge in [-0.15, -0.1) is 0 Å². The molecule has 128 valence electrons. The van der Waals surface area contributed by atoms with Gasteiger partial charge < -0.3 is 15.5 Å². The summed E-state index contributed by atoms with van der Waals surface area (Å²) in [6.07, 6.45) is 5.41. The third-order valence-electron chi connectivity index (χ3n) is 4.24. The van der Waals surface area contributed by atoms with E-state index in [0.717, 1.165) is 18.7 Å². The molecular formula is C17H27N3O2S. The second kappa shape index (κ2) is 8.91. The Morgan fingerprint density at radius 3 is 2.61 bits per heavy atom. The number of para-hydroxylation sites is 1. The van der Waals surface area contributed by atoms with Crippen LogP contribution in [-0.2, 0) is 17.3 Å². The van der Waals surface area contributed by atoms with Gasteiger partial charge in [-0.05, 0) is 37.8 Å². The van der Waals surface area contributed by atoms with Crippen molar-refractivity contribution in [1.82, 2.24) is 10.6 Å². The average molecular weight is 337 g/mol. The predicted molar refractivity (Wildman–Crippen MR) is 96.3 cm³/mol. The van der Waals surface area contributed by atoms with Crippen LogP contribution in [0.4, 0.5) is 10.5 Å². The molecule has 1 saturated heterocycles. The van der Waals surface area contributed by atoms with Gasteiger partial charge in [0.1, 0.15) is 0 Å². The summed E-state index contributed by atoms with van der Waals surface area (Å²) < 4.78 is 11.3. The molecule has 5 nitrogen and oxygen atoms in total. The van der Waals surface area contributed by atoms with Crippen LogP contribution in [0.2, 0.25) is 0 Å². The molecule has 2 N–H and O–H groups in total. The first-order valence-electron chi connectivity index (χ1n) is 8.24. The molecule has 0 radical (unpaired) electrons. The molecular weight excluding hydrogens is 310 g/mol. The van der Waals surface area contributed by atoms with Gasteiger partial charge in [0.25, 0.3) is 0 Å². The molecule has 0 saturated carbocycles. The second-order valence-electron chi connectivity index (χ2n) is 6.05. The number of nitrogens with one attached hydrogen (secondary N) is 2. The molecule has 1 aliphatic rings. The van der Waals surface area contributed by atoms with Crippen molar-refractivity contribution in [3.05, 3.63) is 29.8 Å². The predicted octanol–water partition coefficient (Wildman–Crippen LogP) is 2.24. The maximum Gasteiger partial charge on any atom is 0.315 e. The minimum atomic E-state index is -0.923. The number of nitrogens with zero attached hydrogens (tertiary/aromatic N) is 1. The summed E-state index contributed by atoms with van der Waals surface area (Å²) in [5.41, 5.74) is 2.35. The van der Waals surface area contributed by atoms with E-state index in [1.807, 2.05) is 19.1 Å². The highest BCUT2D eigenvalue weighted by Gasteiger charge is 2.14. The van der Waals surface area contributed by atoms with Crippen LogP contribution < -0.4 is 15.5 Å². The summed E-state index contributed by atoms with van der Waals surface area (Å²) in [5.74, 6) is 0. The number of hydrogen-bond donors (Lipinski definition) is 2. The molecule has 0 aliphatic carbocycles. The Hall–Kier alpha value is -1.56. The number of anilines is 1. The Morgan fingerprint density at radius 1 is 1.22 bits per heavy atom. The summed E-state index contributed by atoms with van der Waals surface area (Å²) in [4.78, 5) is 14.3. The zero-order valence-electron chi connectivity index (χ0n) is 14.0. The van der Waals surface area contributed by atoms with Gasteiger partial charge in [-0.1, -0.05) is 18.2 Å². The van der Waals surface area contributed by atoms with Gasteiger partial charge in [0.15, 0.2) is 0 Å². The Kier molecular flexibility index (Phi) is 6.89. The number of hydrogen-bond acceptors (Lipinski definition) is 3. The van der Waals surface area contributed by atoms with Crippen molar-refractivity contribution in [3.8, 4) is 0 Å². The van der Waals surface area contributed by atoms with Gasteiger partial charge in [0, 0.05) is 54.2 Å². The zero-order chi connectivity index (χ0) is 16.7. The van der Waals surface area contributed by atoms with Crippen molar-refractivity contribution in [2.75, 3.05) is 30.8 Å². The number of benzene rings is 1. The lowest BCUT2D eigenvalue weighted by atomic mass is 10.1. The lowest BCUT2D eigenvalue weighted by Crippen LogP contribution is -2.40. The smallest absolute Gasteiger partial charge is 0.315 e. The van der Waals surface area contributed by atoms with E-state index >= 15 is 0 Å². The van der Waals surface area contributed by atoms with E-state index in [1.54, 1.807) is 6.26 Å². The van der Waals surface area contributed by atoms with Crippen LogP contribution in [-0.4, -0.2) is 41.4 Å². The van der Waals surface area contributed by atoms with Crippen LogP contribution in [0.3, 0.4) is 0 Å². The number of carbonyl (C=O) groups excluding carboxylic acids is 1. The molecule has 0 bridgehead atoms. The van der Waals surface area contributed by atoms with Crippen LogP contribution in [0.5, 0.6) is 0 Å². The monoisotopic (exact) mass is 337 g/mol. The third kappa shape index (κ3) is 5.53. The molecule has 1 fully saturated rings. The average Bonchev–Trinajstić information content (AvgIpc) is 2.58. The molecule has 1 aromatic rings. The number of amides is 2. The summed E-state index contributed by atoms with van der Waals surface area (Å²) in [7, 11) is -0.923. The Morgan fingerprint density at radius 2 is 1.91 bits per heavy atom. The van der Waals surface area contributed by atoms with Crippen molar-refractivity contribution in [1.29, 1.82) is 0 Å². The fourth-order valence-electron chi connectivity index (χ4n) is 2.70. The molecule has 23 heavy (non-hydrogen) atoms. The summed E-state index contributed by atoms with van der Waals surface area (Å²) in [6, 6.07) is 8.03. The Labute approximate surface area is 141 Å². The highest BCUT2D eigenvalue weighted by atomic mass is 32.2. The van der Waals surface area contributed by atoms with Crippen LogP contribution in [0.1, 0.15) is 31.7 Å². The van der Waals surface area contributed by atoms with E-state index in [9.17, 15) is 9.00 Å². The lowest BCUT2D eigenvalue weighted by molar-refractivity contribution is 0.240. The maximum absolute atomic E-state index is 11.9. The summed E-state index contributed by atoms with van der Waals surface area (Å²) >= 11 is 0. The van der Waals surface area contributed by atoms with E-state index in [4.69, 9.17) is 0 Å². The van der Waals surface area contributed by atoms with E-state index < -0.39 is 10.8 Å². The van der Waals surface area contributed by atoms with Crippen molar-refractivity contribution < 1.29 is 9.00 Å². The molecule has 0 unspecified atom stereocenters. The van der Waals surface area contributed by atoms with E-state index in [1.165, 1.54) is 24.9 Å². The number of piperidine rings is 1. The molecule has 2 amide bonds. The summed E-state index contributed by atoms with van der Waals surface area (Å²) in [5, 5.41) is 5.63. The topological polar surface area (TPSA) is 61.4 Å². The largest absolute Gasteiger partial charge is 0.371 e. The Balaban J connectivity index is 1.87. The molecule has 1 aliphatic heterocycles. The highest BCUT2D eigenvalue weighted by Crippen LogP contribution is 2.23. The second-order valence-corrected chi connectivity index (χ2v) is 7.85. The van der Waals surface area contributed by atoms with Gasteiger partial charge >= 0.3 is 6.03 Å². The van der Waals surface area contributed by atoms with Gasteiger partial charge in [-0.25, -0.2) is 4.79 Å². The molecule has 2 atom stereocenters. The lowest BCUT2D eigenvalue weighted by Gasteiger charge is -2.30. The van der Waals surface area contributed by atoms with E-state index in [2.05, 4.69) is 27.7 Å². The van der Waals surface area contributed by atoms with Crippen LogP contribution in [0.25, 0.3) is 0 Å². The quantitative estimate of drug-likeness (QED) is 0.837. The summed E-state index contributed by atoms with van der Waals surface area (Å²) in [6.45, 7) is 4.96. The fourth-order valence-corrected chi connectivity index (χ4v) is 3.01. The normalized spacial score (nSPS) is 17.4. The van der Waals surface area contributed by atoms with E-state index in [-0.39, 0.29) is 11.3 Å². The maximum atomic E-state index is 11.9. The SMILES string of the molecule is C[C@H](CNC(=O)NCc1ccccc1N1CCCCC1)[S@@](C)=O. The van der Waals surface area contributed by atoms with Crippen LogP contribution in [0, 0.1) is 0 Å². The standard InChI is InChI=1S/C17H27N3O2S/c1-14(23(2)22)12-18-17(21)19-13-15-8-4-5-9-16(15)20-10-6-3-7-11-20/h4-5,8-9,14H,3,6-7,10-13H2,1-2H3,(H2,18,19,21)/t14-,23-/m1/s1. The number of urea groups is 1. The molecule has 1 heterocycles. The molecule has 0 spiro atoms. The molecule has 6 heteroatoms. The first kappa shape index (κ1) is 17.8. The number of carbonyl (C=O) groups is 1. The highest BCUT2D eigenvalue weighted by molar-refractivity contribution is 7.84. The molecule has 0 aromatic heterocycles. The van der Waals surface area contributed by atoms with E-state index in [0.29, 0.717) is 13.1 Å². The zero-order valence-corrected chi connectivity index (χ0v) is 14.8. The van der Waals surface area contributed by atoms with Crippen LogP contribution in [0.15, 0.2) is 24.3 Å². The molecule has 1 aromatic carbocycles. The van der Waals surface area contributed by atoms with Gasteiger partial charge in [-0.2, -0.15) is 0 Å². The van der Waals surface area contributed by atoms with Crippen molar-refractivity contribution >= 4 is 22.5 Å². The third-order valence-corrected chi connectivity index (χ3v) is 5.54. The van der Waals surface area contributed by atoms with Crippen LogP contribution >= 0.6 is 0 Å². The number of rotatable bonds is 6. The van der Waals surface area contributed by atoms with Crippen molar-refractivity contribution in [3.63, 3.8) is 0 Å². The van der Waals surface area contributed by atoms with Gasteiger partial charge in [0.05, 0.1) is 0 Å². The Bertz CT molecular complexity index is 544. The fraction of sp³-hybridized carbons (Fsp3) is 0.588. The minimum Gasteiger partial charge on any atom is -0.371 e. The van der Waals surface area contributed by atoms with Crippen molar-refractivity contribution in [2.45, 2.75) is 38.0 Å². The van der Waals surface area contributed by atoms with Gasteiger partial charge in [-0.3, -0.25) is 4.21 Å². The minimum absolute atomic E-state index is 0.0404. The first-order valence-corrected chi connectivity index (χ1v) is 9.87. The van der Waals surface area contributed by atoms with Crippen molar-refractivity contribution in [2.24, 2.45) is 0 Å². The first-order chi connectivity index (χ1) is 11.1. The van der Waals surface area contributed by atoms with Gasteiger partial charge in [0.2, 0.25) is 0 Å².